The number of rotatable bonds is 4. The number of amides is 4. The Labute approximate surface area is 135 Å². The molecule has 3 heterocycles. The number of carbonyl (C=O) groups is 3. The number of aromatic amines is 1. The maximum Gasteiger partial charge on any atom is 0.327 e. The van der Waals surface area contributed by atoms with Gasteiger partial charge in [-0.3, -0.25) is 24.9 Å². The van der Waals surface area contributed by atoms with Crippen molar-refractivity contribution in [3.8, 4) is 10.7 Å². The predicted octanol–water partition coefficient (Wildman–Crippen LogP) is 0.674. The number of aromatic nitrogens is 3. The van der Waals surface area contributed by atoms with Gasteiger partial charge in [0.1, 0.15) is 13.1 Å². The molecule has 4 amide bonds. The average molecular weight is 334 g/mol. The van der Waals surface area contributed by atoms with Crippen LogP contribution in [0.25, 0.3) is 10.7 Å². The van der Waals surface area contributed by atoms with Crippen LogP contribution in [0, 0.1) is 6.92 Å². The molecule has 1 saturated heterocycles. The van der Waals surface area contributed by atoms with Crippen molar-refractivity contribution in [2.75, 3.05) is 25.5 Å². The summed E-state index contributed by atoms with van der Waals surface area (Å²) in [7, 11) is 1.50. The highest BCUT2D eigenvalue weighted by Crippen LogP contribution is 2.26. The molecule has 1 fully saturated rings. The van der Waals surface area contributed by atoms with Crippen molar-refractivity contribution in [3.63, 3.8) is 0 Å². The highest BCUT2D eigenvalue weighted by Gasteiger charge is 2.34. The van der Waals surface area contributed by atoms with Crippen LogP contribution in [0.2, 0.25) is 0 Å². The minimum Gasteiger partial charge on any atom is -0.318 e. The van der Waals surface area contributed by atoms with Crippen molar-refractivity contribution < 1.29 is 14.4 Å². The van der Waals surface area contributed by atoms with Gasteiger partial charge in [-0.05, 0) is 23.9 Å². The normalized spacial score (nSPS) is 14.7. The van der Waals surface area contributed by atoms with E-state index in [1.54, 1.807) is 0 Å². The van der Waals surface area contributed by atoms with Crippen LogP contribution < -0.4 is 5.32 Å². The summed E-state index contributed by atoms with van der Waals surface area (Å²) in [6.07, 6.45) is 0. The molecule has 1 aliphatic rings. The Morgan fingerprint density at radius 2 is 2.26 bits per heavy atom. The first-order chi connectivity index (χ1) is 11.0. The number of nitrogens with zero attached hydrogens (tertiary/aromatic N) is 4. The van der Waals surface area contributed by atoms with Crippen molar-refractivity contribution in [3.05, 3.63) is 17.0 Å². The molecular weight excluding hydrogens is 320 g/mol. The number of thiophene rings is 1. The van der Waals surface area contributed by atoms with Crippen molar-refractivity contribution in [2.45, 2.75) is 6.92 Å². The third kappa shape index (κ3) is 2.93. The molecule has 0 aromatic carbocycles. The lowest BCUT2D eigenvalue weighted by Crippen LogP contribution is -2.38. The van der Waals surface area contributed by atoms with E-state index in [-0.39, 0.29) is 19.0 Å². The number of imide groups is 1. The van der Waals surface area contributed by atoms with Crippen LogP contribution in [0.1, 0.15) is 5.56 Å². The highest BCUT2D eigenvalue weighted by molar-refractivity contribution is 7.13. The Balaban J connectivity index is 1.65. The molecule has 2 N–H and O–H groups in total. The first-order valence-electron chi connectivity index (χ1n) is 6.78. The van der Waals surface area contributed by atoms with E-state index in [1.165, 1.54) is 23.3 Å². The summed E-state index contributed by atoms with van der Waals surface area (Å²) in [6, 6.07) is 1.47. The number of urea groups is 1. The van der Waals surface area contributed by atoms with Crippen LogP contribution in [-0.2, 0) is 9.59 Å². The molecule has 120 valence electrons. The monoisotopic (exact) mass is 334 g/mol. The van der Waals surface area contributed by atoms with Gasteiger partial charge in [0.2, 0.25) is 11.9 Å². The molecule has 0 aliphatic carbocycles. The molecule has 0 saturated carbocycles. The summed E-state index contributed by atoms with van der Waals surface area (Å²) >= 11 is 1.51. The molecule has 0 bridgehead atoms. The van der Waals surface area contributed by atoms with Crippen molar-refractivity contribution in [1.29, 1.82) is 0 Å². The topological polar surface area (TPSA) is 111 Å². The number of aryl methyl sites for hydroxylation is 1. The predicted molar refractivity (Wildman–Crippen MR) is 82.8 cm³/mol. The summed E-state index contributed by atoms with van der Waals surface area (Å²) in [5, 5.41) is 11.1. The number of anilines is 1. The summed E-state index contributed by atoms with van der Waals surface area (Å²) in [5.74, 6) is -0.279. The van der Waals surface area contributed by atoms with Gasteiger partial charge in [0.25, 0.3) is 5.91 Å². The molecule has 9 nitrogen and oxygen atoms in total. The Bertz CT molecular complexity index is 782. The standard InChI is InChI=1S/C13H14N6O3S/c1-7-3-4-23-10(7)11-15-12(17-16-11)14-8(20)5-19-9(21)6-18(2)13(19)22/h3-4H,5-6H2,1-2H3,(H2,14,15,16,17,20). The second-order valence-electron chi connectivity index (χ2n) is 5.11. The van der Waals surface area contributed by atoms with E-state index in [2.05, 4.69) is 20.5 Å². The first kappa shape index (κ1) is 15.2. The van der Waals surface area contributed by atoms with Crippen LogP contribution in [0.15, 0.2) is 11.4 Å². The fraction of sp³-hybridized carbons (Fsp3) is 0.308. The molecule has 10 heteroatoms. The number of carbonyl (C=O) groups excluding carboxylic acids is 3. The largest absolute Gasteiger partial charge is 0.327 e. The number of hydrogen-bond acceptors (Lipinski definition) is 6. The van der Waals surface area contributed by atoms with E-state index in [9.17, 15) is 14.4 Å². The quantitative estimate of drug-likeness (QED) is 0.799. The minimum atomic E-state index is -0.532. The maximum atomic E-state index is 12.0. The van der Waals surface area contributed by atoms with Crippen LogP contribution in [0.5, 0.6) is 0 Å². The Morgan fingerprint density at radius 1 is 1.48 bits per heavy atom. The van der Waals surface area contributed by atoms with Crippen LogP contribution in [0.4, 0.5) is 10.7 Å². The van der Waals surface area contributed by atoms with E-state index in [1.807, 2.05) is 18.4 Å². The Hall–Kier alpha value is -2.75. The van der Waals surface area contributed by atoms with E-state index >= 15 is 0 Å². The molecular formula is C13H14N6O3S. The van der Waals surface area contributed by atoms with Gasteiger partial charge in [-0.1, -0.05) is 0 Å². The summed E-state index contributed by atoms with van der Waals surface area (Å²) in [6.45, 7) is 1.58. The van der Waals surface area contributed by atoms with Gasteiger partial charge in [-0.25, -0.2) is 4.79 Å². The first-order valence-corrected chi connectivity index (χ1v) is 7.66. The fourth-order valence-corrected chi connectivity index (χ4v) is 3.03. The van der Waals surface area contributed by atoms with Crippen LogP contribution in [-0.4, -0.2) is 63.0 Å². The molecule has 0 unspecified atom stereocenters. The van der Waals surface area contributed by atoms with Gasteiger partial charge in [0.15, 0.2) is 5.82 Å². The molecule has 3 rings (SSSR count). The van der Waals surface area contributed by atoms with Gasteiger partial charge >= 0.3 is 6.03 Å². The molecule has 0 atom stereocenters. The van der Waals surface area contributed by atoms with Crippen molar-refractivity contribution >= 4 is 35.1 Å². The van der Waals surface area contributed by atoms with Gasteiger partial charge in [0.05, 0.1) is 4.88 Å². The number of nitrogens with one attached hydrogen (secondary N) is 2. The average Bonchev–Trinajstić information content (AvgIpc) is 3.17. The Kier molecular flexibility index (Phi) is 3.82. The summed E-state index contributed by atoms with van der Waals surface area (Å²) in [5.41, 5.74) is 1.06. The second kappa shape index (κ2) is 5.80. The smallest absolute Gasteiger partial charge is 0.318 e. The zero-order valence-electron chi connectivity index (χ0n) is 12.5. The van der Waals surface area contributed by atoms with Crippen LogP contribution >= 0.6 is 11.3 Å². The second-order valence-corrected chi connectivity index (χ2v) is 6.02. The third-order valence-corrected chi connectivity index (χ3v) is 4.37. The minimum absolute atomic E-state index is 0.0193. The van der Waals surface area contributed by atoms with Gasteiger partial charge < -0.3 is 4.90 Å². The molecule has 23 heavy (non-hydrogen) atoms. The lowest BCUT2D eigenvalue weighted by molar-refractivity contribution is -0.129. The summed E-state index contributed by atoms with van der Waals surface area (Å²) in [4.78, 5) is 42.6. The molecule has 1 aliphatic heterocycles. The maximum absolute atomic E-state index is 12.0. The van der Waals surface area contributed by atoms with E-state index in [0.717, 1.165) is 15.3 Å². The van der Waals surface area contributed by atoms with Gasteiger partial charge in [0, 0.05) is 7.05 Å². The van der Waals surface area contributed by atoms with E-state index < -0.39 is 17.8 Å². The number of hydrogen-bond donors (Lipinski definition) is 2. The number of H-pyrrole nitrogens is 1. The molecule has 2 aromatic heterocycles. The zero-order chi connectivity index (χ0) is 16.6. The lowest BCUT2D eigenvalue weighted by atomic mass is 10.3. The van der Waals surface area contributed by atoms with Crippen molar-refractivity contribution in [2.24, 2.45) is 0 Å². The van der Waals surface area contributed by atoms with E-state index in [4.69, 9.17) is 0 Å². The van der Waals surface area contributed by atoms with E-state index in [0.29, 0.717) is 5.82 Å². The molecule has 0 radical (unpaired) electrons. The fourth-order valence-electron chi connectivity index (χ4n) is 2.17. The van der Waals surface area contributed by atoms with Gasteiger partial charge in [-0.15, -0.1) is 16.4 Å². The third-order valence-electron chi connectivity index (χ3n) is 3.35. The van der Waals surface area contributed by atoms with Crippen LogP contribution in [0.3, 0.4) is 0 Å². The summed E-state index contributed by atoms with van der Waals surface area (Å²) < 4.78 is 0. The molecule has 0 spiro atoms. The highest BCUT2D eigenvalue weighted by atomic mass is 32.1. The lowest BCUT2D eigenvalue weighted by Gasteiger charge is -2.12. The number of likely N-dealkylation sites (N-methyl/N-ethyl adjacent to an activating group) is 1. The SMILES string of the molecule is Cc1ccsc1-c1nc(NC(=O)CN2C(=O)CN(C)C2=O)n[nH]1. The molecule has 2 aromatic rings. The zero-order valence-corrected chi connectivity index (χ0v) is 13.3. The van der Waals surface area contributed by atoms with Crippen molar-refractivity contribution in [1.82, 2.24) is 25.0 Å². The van der Waals surface area contributed by atoms with Gasteiger partial charge in [-0.2, -0.15) is 4.98 Å². The Morgan fingerprint density at radius 3 is 2.87 bits per heavy atom.